The van der Waals surface area contributed by atoms with Crippen molar-refractivity contribution >= 4 is 23.8 Å². The van der Waals surface area contributed by atoms with Crippen molar-refractivity contribution in [3.05, 3.63) is 58.0 Å². The van der Waals surface area contributed by atoms with Gasteiger partial charge < -0.3 is 38.5 Å². The van der Waals surface area contributed by atoms with Gasteiger partial charge in [-0.3, -0.25) is 14.4 Å². The van der Waals surface area contributed by atoms with Gasteiger partial charge in [-0.2, -0.15) is 0 Å². The number of esters is 3. The predicted octanol–water partition coefficient (Wildman–Crippen LogP) is 5.58. The Balaban J connectivity index is 1.52. The fourth-order valence-corrected chi connectivity index (χ4v) is 7.46. The van der Waals surface area contributed by atoms with Crippen LogP contribution in [0.1, 0.15) is 92.0 Å². The molecule has 7 atom stereocenters. The molecule has 0 spiro atoms. The van der Waals surface area contributed by atoms with Crippen molar-refractivity contribution in [3.8, 4) is 0 Å². The highest BCUT2D eigenvalue weighted by Gasteiger charge is 2.57. The lowest BCUT2D eigenvalue weighted by Crippen LogP contribution is -2.43. The number of aliphatic hydroxyl groups is 1. The normalized spacial score (nSPS) is 32.4. The zero-order chi connectivity index (χ0) is 38.4. The third kappa shape index (κ3) is 9.50. The van der Waals surface area contributed by atoms with Gasteiger partial charge in [0.05, 0.1) is 31.7 Å². The molecule has 6 unspecified atom stereocenters. The fourth-order valence-electron chi connectivity index (χ4n) is 7.46. The van der Waals surface area contributed by atoms with Gasteiger partial charge in [0.1, 0.15) is 23.8 Å². The van der Waals surface area contributed by atoms with Crippen molar-refractivity contribution in [2.24, 2.45) is 28.2 Å². The van der Waals surface area contributed by atoms with Gasteiger partial charge in [0.25, 0.3) is 0 Å². The number of fused-ring (bicyclic) bond motifs is 6. The lowest BCUT2D eigenvalue weighted by atomic mass is 9.83. The molecule has 5 heterocycles. The SMILES string of the molecule is COCCC/C(C)=C1\COC(CC(C)C)\C1=C/C1N=C2OC1COC(=O)[C@@H](CC(C)C)CC(=O)OC1C(OC(=O)C1(C)CO)/C(C)=C/Cc1ccc2[nH]1. The number of rotatable bonds is 10. The average Bonchev–Trinajstić information content (AvgIpc) is 3.89. The average molecular weight is 739 g/mol. The van der Waals surface area contributed by atoms with Crippen molar-refractivity contribution in [2.75, 3.05) is 33.5 Å². The Morgan fingerprint density at radius 1 is 1.11 bits per heavy atom. The van der Waals surface area contributed by atoms with Crippen molar-refractivity contribution in [1.29, 1.82) is 0 Å². The van der Waals surface area contributed by atoms with E-state index in [1.807, 2.05) is 32.1 Å². The number of hydrogen-bond donors (Lipinski definition) is 2. The first kappa shape index (κ1) is 40.4. The maximum Gasteiger partial charge on any atom is 0.318 e. The van der Waals surface area contributed by atoms with E-state index in [9.17, 15) is 19.5 Å². The zero-order valence-corrected chi connectivity index (χ0v) is 32.6. The molecule has 12 nitrogen and oxygen atoms in total. The Labute approximate surface area is 313 Å². The third-order valence-corrected chi connectivity index (χ3v) is 10.6. The number of cyclic esters (lactones) is 1. The van der Waals surface area contributed by atoms with Crippen LogP contribution in [0.3, 0.4) is 0 Å². The molecule has 2 saturated heterocycles. The van der Waals surface area contributed by atoms with Gasteiger partial charge in [-0.05, 0) is 93.2 Å². The molecule has 4 aliphatic rings. The molecule has 0 radical (unpaired) electrons. The molecule has 0 aromatic carbocycles. The molecule has 0 aliphatic carbocycles. The molecular weight excluding hydrogens is 680 g/mol. The molecular formula is C41H58N2O10. The zero-order valence-electron chi connectivity index (χ0n) is 32.6. The summed E-state index contributed by atoms with van der Waals surface area (Å²) in [7, 11) is 1.71. The highest BCUT2D eigenvalue weighted by atomic mass is 16.6. The first-order valence-electron chi connectivity index (χ1n) is 19.0. The number of nitrogens with zero attached hydrogens (tertiary/aromatic N) is 1. The Kier molecular flexibility index (Phi) is 13.4. The minimum atomic E-state index is -1.46. The smallest absolute Gasteiger partial charge is 0.318 e. The van der Waals surface area contributed by atoms with Crippen LogP contribution in [0, 0.1) is 23.2 Å². The Hall–Kier alpha value is -3.74. The summed E-state index contributed by atoms with van der Waals surface area (Å²) in [5.74, 6) is -1.78. The molecule has 292 valence electrons. The number of aromatic nitrogens is 1. The largest absolute Gasteiger partial charge is 0.467 e. The Morgan fingerprint density at radius 2 is 1.87 bits per heavy atom. The van der Waals surface area contributed by atoms with Crippen LogP contribution in [0.4, 0.5) is 0 Å². The van der Waals surface area contributed by atoms with Crippen LogP contribution in [0.2, 0.25) is 0 Å². The van der Waals surface area contributed by atoms with Crippen LogP contribution in [0.25, 0.3) is 0 Å². The number of aromatic amines is 1. The van der Waals surface area contributed by atoms with E-state index >= 15 is 0 Å². The van der Waals surface area contributed by atoms with Crippen molar-refractivity contribution < 1.29 is 47.9 Å². The van der Waals surface area contributed by atoms with Crippen LogP contribution in [0.15, 0.2) is 51.6 Å². The van der Waals surface area contributed by atoms with E-state index in [4.69, 9.17) is 33.4 Å². The van der Waals surface area contributed by atoms with E-state index in [-0.39, 0.29) is 25.0 Å². The monoisotopic (exact) mass is 738 g/mol. The number of H-pyrrole nitrogens is 1. The molecule has 4 bridgehead atoms. The predicted molar refractivity (Wildman–Crippen MR) is 198 cm³/mol. The summed E-state index contributed by atoms with van der Waals surface area (Å²) < 4.78 is 35.7. The van der Waals surface area contributed by atoms with Gasteiger partial charge >= 0.3 is 17.9 Å². The number of aliphatic imine (C=N–C) groups is 1. The molecule has 2 fully saturated rings. The molecule has 0 saturated carbocycles. The summed E-state index contributed by atoms with van der Waals surface area (Å²) in [6.07, 6.45) is 4.56. The summed E-state index contributed by atoms with van der Waals surface area (Å²) in [6, 6.07) is 3.36. The van der Waals surface area contributed by atoms with E-state index in [0.29, 0.717) is 49.1 Å². The second-order valence-corrected chi connectivity index (χ2v) is 16.0. The van der Waals surface area contributed by atoms with Crippen molar-refractivity contribution in [2.45, 2.75) is 117 Å². The highest BCUT2D eigenvalue weighted by Crippen LogP contribution is 2.40. The number of aliphatic hydroxyl groups excluding tert-OH is 1. The van der Waals surface area contributed by atoms with Gasteiger partial charge in [0.15, 0.2) is 18.3 Å². The number of ether oxygens (including phenoxy) is 6. The van der Waals surface area contributed by atoms with Crippen LogP contribution >= 0.6 is 0 Å². The van der Waals surface area contributed by atoms with Gasteiger partial charge in [-0.1, -0.05) is 39.3 Å². The second-order valence-electron chi connectivity index (χ2n) is 16.0. The number of methoxy groups -OCH3 is 1. The number of carbonyl (C=O) groups excluding carboxylic acids is 3. The minimum Gasteiger partial charge on any atom is -0.467 e. The molecule has 1 aromatic heterocycles. The summed E-state index contributed by atoms with van der Waals surface area (Å²) >= 11 is 0. The van der Waals surface area contributed by atoms with Gasteiger partial charge in [0.2, 0.25) is 5.90 Å². The summed E-state index contributed by atoms with van der Waals surface area (Å²) in [4.78, 5) is 48.7. The van der Waals surface area contributed by atoms with Gasteiger partial charge in [-0.25, -0.2) is 4.99 Å². The first-order valence-corrected chi connectivity index (χ1v) is 19.0. The lowest BCUT2D eigenvalue weighted by molar-refractivity contribution is -0.164. The first-order chi connectivity index (χ1) is 25.2. The number of nitrogens with one attached hydrogen (secondary N) is 1. The molecule has 12 heteroatoms. The Morgan fingerprint density at radius 3 is 2.57 bits per heavy atom. The summed E-state index contributed by atoms with van der Waals surface area (Å²) in [5, 5.41) is 10.3. The molecule has 4 aliphatic heterocycles. The number of hydrogen-bond acceptors (Lipinski definition) is 11. The van der Waals surface area contributed by atoms with Crippen molar-refractivity contribution in [1.82, 2.24) is 4.98 Å². The van der Waals surface area contributed by atoms with Crippen LogP contribution < -0.4 is 0 Å². The Bertz CT molecular complexity index is 1620. The maximum absolute atomic E-state index is 13.8. The third-order valence-electron chi connectivity index (χ3n) is 10.6. The van der Waals surface area contributed by atoms with Gasteiger partial charge in [-0.15, -0.1) is 0 Å². The minimum absolute atomic E-state index is 0.0741. The van der Waals surface area contributed by atoms with E-state index < -0.39 is 60.2 Å². The van der Waals surface area contributed by atoms with Crippen molar-refractivity contribution in [3.63, 3.8) is 0 Å². The van der Waals surface area contributed by atoms with Crippen LogP contribution in [-0.4, -0.2) is 97.9 Å². The van der Waals surface area contributed by atoms with E-state index in [0.717, 1.165) is 30.5 Å². The molecule has 2 N–H and O–H groups in total. The van der Waals surface area contributed by atoms with Gasteiger partial charge in [0, 0.05) is 25.8 Å². The second kappa shape index (κ2) is 17.6. The van der Waals surface area contributed by atoms with Crippen LogP contribution in [-0.2, 0) is 49.2 Å². The molecule has 5 rings (SSSR count). The summed E-state index contributed by atoms with van der Waals surface area (Å²) in [5.41, 5.74) is 4.26. The van der Waals surface area contributed by atoms with E-state index in [2.05, 4.69) is 31.8 Å². The summed E-state index contributed by atoms with van der Waals surface area (Å²) in [6.45, 7) is 14.3. The highest BCUT2D eigenvalue weighted by molar-refractivity contribution is 5.94. The topological polar surface area (TPSA) is 155 Å². The number of carbonyl (C=O) groups is 3. The van der Waals surface area contributed by atoms with E-state index in [1.54, 1.807) is 14.0 Å². The lowest BCUT2D eigenvalue weighted by Gasteiger charge is -2.28. The molecule has 1 aromatic rings. The fraction of sp³-hybridized carbons (Fsp3) is 0.659. The maximum atomic E-state index is 13.8. The van der Waals surface area contributed by atoms with E-state index in [1.165, 1.54) is 18.1 Å². The molecule has 53 heavy (non-hydrogen) atoms. The molecule has 0 amide bonds. The standard InChI is InChI=1S/C41H58N2O10/c1-23(2)16-27-18-35(45)52-37-36(53-40(47)41(37,7)22-44)26(6)11-12-28-13-14-31(42-28)38-43-32(34(51-38)21-50-39(27)46)19-29-30(25(5)10-9-15-48-8)20-49-33(29)17-24(3)4/h11,13-14,19,23-24,27,32-34,36-37,42,44H,9-10,12,15-18,20-22H2,1-8H3/b26-11+,29-19-,30-25+/t27-,32?,33?,34?,36?,37?,41?/m0/s1. The van der Waals surface area contributed by atoms with Crippen LogP contribution in [0.5, 0.6) is 0 Å². The number of allylic oxidation sites excluding steroid dienone is 2. The quantitative estimate of drug-likeness (QED) is 0.135.